The Morgan fingerprint density at radius 3 is 2.63 bits per heavy atom. The fourth-order valence-corrected chi connectivity index (χ4v) is 3.99. The molecular formula is C18H19FN6OS. The van der Waals surface area contributed by atoms with Crippen molar-refractivity contribution in [1.29, 1.82) is 0 Å². The zero-order chi connectivity index (χ0) is 18.8. The largest absolute Gasteiger partial charge is 0.342 e. The molecule has 0 bridgehead atoms. The maximum Gasteiger partial charge on any atom is 0.242 e. The van der Waals surface area contributed by atoms with Crippen molar-refractivity contribution < 1.29 is 9.18 Å². The average Bonchev–Trinajstić information content (AvgIpc) is 3.15. The van der Waals surface area contributed by atoms with Crippen LogP contribution in [0.15, 0.2) is 36.7 Å². The van der Waals surface area contributed by atoms with Crippen molar-refractivity contribution >= 4 is 38.5 Å². The molecule has 1 fully saturated rings. The van der Waals surface area contributed by atoms with Gasteiger partial charge in [0.1, 0.15) is 11.3 Å². The summed E-state index contributed by atoms with van der Waals surface area (Å²) in [6, 6.07) is 6.68. The minimum Gasteiger partial charge on any atom is -0.342 e. The van der Waals surface area contributed by atoms with Crippen LogP contribution >= 0.6 is 11.3 Å². The molecule has 1 amide bonds. The van der Waals surface area contributed by atoms with Crippen LogP contribution in [-0.2, 0) is 4.79 Å². The van der Waals surface area contributed by atoms with Crippen molar-refractivity contribution in [2.45, 2.75) is 0 Å². The van der Waals surface area contributed by atoms with E-state index < -0.39 is 0 Å². The molecule has 1 aliphatic heterocycles. The third-order valence-electron chi connectivity index (χ3n) is 4.52. The van der Waals surface area contributed by atoms with Crippen molar-refractivity contribution in [1.82, 2.24) is 19.9 Å². The lowest BCUT2D eigenvalue weighted by molar-refractivity contribution is -0.129. The molecule has 0 radical (unpaired) electrons. The van der Waals surface area contributed by atoms with Crippen LogP contribution in [-0.4, -0.2) is 65.5 Å². The van der Waals surface area contributed by atoms with Crippen LogP contribution in [0.1, 0.15) is 0 Å². The van der Waals surface area contributed by atoms with E-state index in [2.05, 4.69) is 19.9 Å². The van der Waals surface area contributed by atoms with Gasteiger partial charge in [-0.05, 0) is 18.2 Å². The van der Waals surface area contributed by atoms with E-state index in [1.54, 1.807) is 29.4 Å². The molecule has 4 rings (SSSR count). The molecule has 7 nitrogen and oxygen atoms in total. The summed E-state index contributed by atoms with van der Waals surface area (Å²) in [4.78, 5) is 31.2. The quantitative estimate of drug-likeness (QED) is 0.684. The predicted molar refractivity (Wildman–Crippen MR) is 104 cm³/mol. The first-order valence-corrected chi connectivity index (χ1v) is 9.49. The van der Waals surface area contributed by atoms with Crippen LogP contribution in [0.5, 0.6) is 0 Å². The minimum absolute atomic E-state index is 0.0332. The van der Waals surface area contributed by atoms with Crippen LogP contribution in [0.4, 0.5) is 15.5 Å². The highest BCUT2D eigenvalue weighted by atomic mass is 32.1. The highest BCUT2D eigenvalue weighted by Crippen LogP contribution is 2.29. The number of benzene rings is 1. The number of para-hydroxylation sites is 1. The number of hydrogen-bond acceptors (Lipinski definition) is 7. The molecule has 0 unspecified atom stereocenters. The summed E-state index contributed by atoms with van der Waals surface area (Å²) in [5.41, 5.74) is 0.355. The summed E-state index contributed by atoms with van der Waals surface area (Å²) in [5, 5.41) is 0.639. The van der Waals surface area contributed by atoms with Gasteiger partial charge in [-0.2, -0.15) is 0 Å². The first-order chi connectivity index (χ1) is 13.1. The number of anilines is 2. The van der Waals surface area contributed by atoms with E-state index in [0.29, 0.717) is 42.8 Å². The van der Waals surface area contributed by atoms with Gasteiger partial charge in [-0.15, -0.1) is 0 Å². The van der Waals surface area contributed by atoms with E-state index in [1.165, 1.54) is 17.4 Å². The van der Waals surface area contributed by atoms with Gasteiger partial charge >= 0.3 is 0 Å². The summed E-state index contributed by atoms with van der Waals surface area (Å²) < 4.78 is 14.6. The number of likely N-dealkylation sites (N-methyl/N-ethyl adjacent to an activating group) is 1. The number of amides is 1. The first kappa shape index (κ1) is 17.6. The van der Waals surface area contributed by atoms with Crippen LogP contribution < -0.4 is 9.80 Å². The lowest BCUT2D eigenvalue weighted by atomic mass is 10.3. The zero-order valence-corrected chi connectivity index (χ0v) is 15.7. The van der Waals surface area contributed by atoms with Gasteiger partial charge in [0.2, 0.25) is 11.9 Å². The molecule has 3 aromatic rings. The summed E-state index contributed by atoms with van der Waals surface area (Å²) in [7, 11) is 1.81. The van der Waals surface area contributed by atoms with Crippen molar-refractivity contribution in [2.75, 3.05) is 49.6 Å². The van der Waals surface area contributed by atoms with E-state index in [-0.39, 0.29) is 18.3 Å². The normalized spacial score (nSPS) is 14.6. The number of carbonyl (C=O) groups is 1. The zero-order valence-electron chi connectivity index (χ0n) is 14.9. The first-order valence-electron chi connectivity index (χ1n) is 8.68. The Morgan fingerprint density at radius 2 is 1.93 bits per heavy atom. The van der Waals surface area contributed by atoms with Gasteiger partial charge < -0.3 is 14.7 Å². The van der Waals surface area contributed by atoms with Gasteiger partial charge in [-0.3, -0.25) is 4.79 Å². The van der Waals surface area contributed by atoms with Gasteiger partial charge in [0, 0.05) is 45.6 Å². The van der Waals surface area contributed by atoms with E-state index in [9.17, 15) is 9.18 Å². The molecule has 0 N–H and O–H groups in total. The summed E-state index contributed by atoms with van der Waals surface area (Å²) in [5.74, 6) is 0.387. The minimum atomic E-state index is -0.339. The van der Waals surface area contributed by atoms with Crippen LogP contribution in [0.25, 0.3) is 10.2 Å². The molecule has 3 heterocycles. The van der Waals surface area contributed by atoms with Crippen molar-refractivity contribution in [2.24, 2.45) is 0 Å². The Balaban J connectivity index is 1.37. The number of aromatic nitrogens is 3. The smallest absolute Gasteiger partial charge is 0.242 e. The van der Waals surface area contributed by atoms with E-state index in [1.807, 2.05) is 18.0 Å². The number of rotatable bonds is 4. The van der Waals surface area contributed by atoms with Gasteiger partial charge in [0.25, 0.3) is 0 Å². The van der Waals surface area contributed by atoms with E-state index in [4.69, 9.17) is 0 Å². The monoisotopic (exact) mass is 386 g/mol. The molecular weight excluding hydrogens is 367 g/mol. The highest BCUT2D eigenvalue weighted by molar-refractivity contribution is 7.22. The third-order valence-corrected chi connectivity index (χ3v) is 5.66. The second-order valence-corrected chi connectivity index (χ2v) is 7.36. The molecule has 0 aliphatic carbocycles. The number of thiazole rings is 1. The molecule has 27 heavy (non-hydrogen) atoms. The number of piperazine rings is 1. The molecule has 140 valence electrons. The fourth-order valence-electron chi connectivity index (χ4n) is 3.05. The van der Waals surface area contributed by atoms with Crippen molar-refractivity contribution in [3.05, 3.63) is 42.5 Å². The highest BCUT2D eigenvalue weighted by Gasteiger charge is 2.24. The molecule has 9 heteroatoms. The van der Waals surface area contributed by atoms with Crippen molar-refractivity contribution in [3.8, 4) is 0 Å². The lowest BCUT2D eigenvalue weighted by Crippen LogP contribution is -2.51. The molecule has 1 saturated heterocycles. The number of hydrogen-bond donors (Lipinski definition) is 0. The standard InChI is InChI=1S/C18H19FN6OS/c1-23(18-22-16-13(19)4-2-5-14(16)27-18)12-15(26)24-8-10-25(11-9-24)17-20-6-3-7-21-17/h2-7H,8-12H2,1H3. The van der Waals surface area contributed by atoms with Crippen LogP contribution in [0, 0.1) is 5.82 Å². The Labute approximate surface area is 160 Å². The van der Waals surface area contributed by atoms with E-state index >= 15 is 0 Å². The van der Waals surface area contributed by atoms with Gasteiger partial charge in [0.15, 0.2) is 5.13 Å². The van der Waals surface area contributed by atoms with Gasteiger partial charge in [0.05, 0.1) is 11.2 Å². The molecule has 0 saturated carbocycles. The Kier molecular flexibility index (Phi) is 4.85. The maximum atomic E-state index is 13.8. The maximum absolute atomic E-state index is 13.8. The molecule has 1 aromatic carbocycles. The van der Waals surface area contributed by atoms with Gasteiger partial charge in [-0.25, -0.2) is 19.3 Å². The second kappa shape index (κ2) is 7.43. The Morgan fingerprint density at radius 1 is 1.19 bits per heavy atom. The van der Waals surface area contributed by atoms with Crippen molar-refractivity contribution in [3.63, 3.8) is 0 Å². The second-order valence-electron chi connectivity index (χ2n) is 6.36. The molecule has 1 aliphatic rings. The number of nitrogens with zero attached hydrogens (tertiary/aromatic N) is 6. The van der Waals surface area contributed by atoms with E-state index in [0.717, 1.165) is 4.70 Å². The Hall–Kier alpha value is -2.81. The molecule has 0 atom stereocenters. The number of fused-ring (bicyclic) bond motifs is 1. The fraction of sp³-hybridized carbons (Fsp3) is 0.333. The van der Waals surface area contributed by atoms with Crippen LogP contribution in [0.2, 0.25) is 0 Å². The summed E-state index contributed by atoms with van der Waals surface area (Å²) in [6.07, 6.45) is 3.44. The summed E-state index contributed by atoms with van der Waals surface area (Å²) in [6.45, 7) is 2.86. The average molecular weight is 386 g/mol. The predicted octanol–water partition coefficient (Wildman–Crippen LogP) is 2.01. The number of carbonyl (C=O) groups excluding carboxylic acids is 1. The topological polar surface area (TPSA) is 65.5 Å². The lowest BCUT2D eigenvalue weighted by Gasteiger charge is -2.35. The molecule has 2 aromatic heterocycles. The number of halogens is 1. The Bertz CT molecular complexity index is 941. The molecule has 0 spiro atoms. The summed E-state index contributed by atoms with van der Waals surface area (Å²) >= 11 is 1.39. The van der Waals surface area contributed by atoms with Gasteiger partial charge in [-0.1, -0.05) is 17.4 Å². The SMILES string of the molecule is CN(CC(=O)N1CCN(c2ncccn2)CC1)c1nc2c(F)cccc2s1. The third kappa shape index (κ3) is 3.68. The van der Waals surface area contributed by atoms with Crippen LogP contribution in [0.3, 0.4) is 0 Å².